The summed E-state index contributed by atoms with van der Waals surface area (Å²) in [6, 6.07) is 18.3. The molecule has 5 rings (SSSR count). The van der Waals surface area contributed by atoms with E-state index in [9.17, 15) is 9.59 Å². The van der Waals surface area contributed by atoms with E-state index < -0.39 is 0 Å². The molecule has 4 N–H and O–H groups in total. The SMILES string of the molecule is O=C(NCc1cccc(NC(=O)c2cccc3cn[nH]c23)c1)c1cccc2cn[nH]c12. The van der Waals surface area contributed by atoms with E-state index in [4.69, 9.17) is 0 Å². The molecule has 8 nitrogen and oxygen atoms in total. The number of aromatic amines is 2. The van der Waals surface area contributed by atoms with E-state index in [1.807, 2.05) is 48.5 Å². The predicted molar refractivity (Wildman–Crippen MR) is 118 cm³/mol. The summed E-state index contributed by atoms with van der Waals surface area (Å²) in [5, 5.41) is 21.3. The van der Waals surface area contributed by atoms with Crippen LogP contribution in [0.5, 0.6) is 0 Å². The summed E-state index contributed by atoms with van der Waals surface area (Å²) in [6.45, 7) is 0.323. The van der Waals surface area contributed by atoms with Crippen LogP contribution in [0.15, 0.2) is 73.1 Å². The van der Waals surface area contributed by atoms with Crippen LogP contribution in [0.3, 0.4) is 0 Å². The Balaban J connectivity index is 1.29. The van der Waals surface area contributed by atoms with Crippen molar-refractivity contribution in [3.8, 4) is 0 Å². The van der Waals surface area contributed by atoms with Crippen molar-refractivity contribution < 1.29 is 9.59 Å². The van der Waals surface area contributed by atoms with Gasteiger partial charge in [0.25, 0.3) is 11.8 Å². The number of anilines is 1. The summed E-state index contributed by atoms with van der Waals surface area (Å²) in [5.74, 6) is -0.433. The Morgan fingerprint density at radius 1 is 0.774 bits per heavy atom. The second-order valence-electron chi connectivity index (χ2n) is 7.12. The van der Waals surface area contributed by atoms with Crippen LogP contribution in [-0.2, 0) is 6.54 Å². The molecule has 0 spiro atoms. The molecule has 0 aliphatic carbocycles. The molecule has 152 valence electrons. The Hall–Kier alpha value is -4.46. The normalized spacial score (nSPS) is 11.0. The van der Waals surface area contributed by atoms with Crippen LogP contribution in [0.25, 0.3) is 21.8 Å². The van der Waals surface area contributed by atoms with Crippen LogP contribution >= 0.6 is 0 Å². The van der Waals surface area contributed by atoms with Gasteiger partial charge >= 0.3 is 0 Å². The highest BCUT2D eigenvalue weighted by atomic mass is 16.2. The fraction of sp³-hybridized carbons (Fsp3) is 0.0435. The van der Waals surface area contributed by atoms with E-state index in [0.29, 0.717) is 34.4 Å². The maximum atomic E-state index is 12.7. The summed E-state index contributed by atoms with van der Waals surface area (Å²) in [7, 11) is 0. The molecule has 0 unspecified atom stereocenters. The van der Waals surface area contributed by atoms with Gasteiger partial charge in [-0.15, -0.1) is 0 Å². The Bertz CT molecular complexity index is 1420. The molecule has 5 aromatic rings. The lowest BCUT2D eigenvalue weighted by atomic mass is 10.1. The smallest absolute Gasteiger partial charge is 0.257 e. The highest BCUT2D eigenvalue weighted by Gasteiger charge is 2.13. The monoisotopic (exact) mass is 410 g/mol. The summed E-state index contributed by atoms with van der Waals surface area (Å²) >= 11 is 0. The first-order chi connectivity index (χ1) is 15.2. The van der Waals surface area contributed by atoms with Gasteiger partial charge in [-0.3, -0.25) is 19.8 Å². The summed E-state index contributed by atoms with van der Waals surface area (Å²) < 4.78 is 0. The summed E-state index contributed by atoms with van der Waals surface area (Å²) in [4.78, 5) is 25.4. The number of nitrogens with zero attached hydrogens (tertiary/aromatic N) is 2. The number of H-pyrrole nitrogens is 2. The molecule has 8 heteroatoms. The number of rotatable bonds is 5. The molecule has 0 bridgehead atoms. The fourth-order valence-corrected chi connectivity index (χ4v) is 3.55. The van der Waals surface area contributed by atoms with Crippen molar-refractivity contribution in [2.75, 3.05) is 5.32 Å². The van der Waals surface area contributed by atoms with Crippen molar-refractivity contribution in [1.82, 2.24) is 25.7 Å². The Morgan fingerprint density at radius 2 is 1.39 bits per heavy atom. The first kappa shape index (κ1) is 18.6. The van der Waals surface area contributed by atoms with Gasteiger partial charge in [-0.1, -0.05) is 36.4 Å². The van der Waals surface area contributed by atoms with Crippen molar-refractivity contribution in [1.29, 1.82) is 0 Å². The minimum Gasteiger partial charge on any atom is -0.348 e. The van der Waals surface area contributed by atoms with Gasteiger partial charge in [0.1, 0.15) is 0 Å². The molecule has 0 aliphatic heterocycles. The first-order valence-corrected chi connectivity index (χ1v) is 9.72. The van der Waals surface area contributed by atoms with Gasteiger partial charge in [-0.2, -0.15) is 10.2 Å². The van der Waals surface area contributed by atoms with Crippen LogP contribution in [0.1, 0.15) is 26.3 Å². The lowest BCUT2D eigenvalue weighted by Gasteiger charge is -2.10. The lowest BCUT2D eigenvalue weighted by molar-refractivity contribution is 0.0951. The molecule has 3 aromatic carbocycles. The zero-order valence-corrected chi connectivity index (χ0v) is 16.3. The minimum atomic E-state index is -0.234. The minimum absolute atomic E-state index is 0.199. The number of nitrogens with one attached hydrogen (secondary N) is 4. The van der Waals surface area contributed by atoms with Gasteiger partial charge in [0.15, 0.2) is 0 Å². The third kappa shape index (κ3) is 3.62. The van der Waals surface area contributed by atoms with Gasteiger partial charge in [0.05, 0.1) is 34.6 Å². The van der Waals surface area contributed by atoms with Gasteiger partial charge in [-0.05, 0) is 29.8 Å². The molecule has 0 saturated carbocycles. The molecule has 31 heavy (non-hydrogen) atoms. The first-order valence-electron chi connectivity index (χ1n) is 9.72. The third-order valence-corrected chi connectivity index (χ3v) is 5.08. The molecule has 0 fully saturated rings. The van der Waals surface area contributed by atoms with E-state index in [0.717, 1.165) is 16.3 Å². The van der Waals surface area contributed by atoms with Crippen LogP contribution in [0, 0.1) is 0 Å². The van der Waals surface area contributed by atoms with Gasteiger partial charge in [0.2, 0.25) is 0 Å². The molecule has 2 aromatic heterocycles. The number of benzene rings is 3. The zero-order chi connectivity index (χ0) is 21.2. The average molecular weight is 410 g/mol. The Labute approximate surface area is 176 Å². The average Bonchev–Trinajstić information content (AvgIpc) is 3.46. The number of aromatic nitrogens is 4. The van der Waals surface area contributed by atoms with Crippen LogP contribution in [-0.4, -0.2) is 32.2 Å². The topological polar surface area (TPSA) is 116 Å². The highest BCUT2D eigenvalue weighted by molar-refractivity contribution is 6.11. The van der Waals surface area contributed by atoms with E-state index in [1.54, 1.807) is 24.5 Å². The third-order valence-electron chi connectivity index (χ3n) is 5.08. The summed E-state index contributed by atoms with van der Waals surface area (Å²) in [6.07, 6.45) is 3.36. The maximum Gasteiger partial charge on any atom is 0.257 e. The van der Waals surface area contributed by atoms with Crippen molar-refractivity contribution in [2.24, 2.45) is 0 Å². The molecular weight excluding hydrogens is 392 g/mol. The van der Waals surface area contributed by atoms with Gasteiger partial charge in [0, 0.05) is 23.0 Å². The predicted octanol–water partition coefficient (Wildman–Crippen LogP) is 3.62. The second kappa shape index (κ2) is 7.75. The van der Waals surface area contributed by atoms with Gasteiger partial charge < -0.3 is 10.6 Å². The quantitative estimate of drug-likeness (QED) is 0.354. The van der Waals surface area contributed by atoms with Crippen molar-refractivity contribution in [3.63, 3.8) is 0 Å². The molecule has 0 atom stereocenters. The van der Waals surface area contributed by atoms with Crippen molar-refractivity contribution in [2.45, 2.75) is 6.54 Å². The number of amides is 2. The van der Waals surface area contributed by atoms with Crippen LogP contribution in [0.2, 0.25) is 0 Å². The van der Waals surface area contributed by atoms with E-state index in [1.165, 1.54) is 0 Å². The standard InChI is InChI=1S/C23H18N6O2/c30-22(18-8-2-5-15-12-25-28-20(15)18)24-11-14-4-1-7-17(10-14)27-23(31)19-9-3-6-16-13-26-29-21(16)19/h1-10,12-13H,11H2,(H,24,30)(H,25,28)(H,26,29)(H,27,31). The van der Waals surface area contributed by atoms with Crippen molar-refractivity contribution >= 4 is 39.3 Å². The zero-order valence-electron chi connectivity index (χ0n) is 16.3. The molecule has 0 saturated heterocycles. The number of carbonyl (C=O) groups is 2. The molecule has 0 aliphatic rings. The molecule has 2 amide bonds. The number of fused-ring (bicyclic) bond motifs is 2. The fourth-order valence-electron chi connectivity index (χ4n) is 3.55. The van der Waals surface area contributed by atoms with E-state index in [-0.39, 0.29) is 11.8 Å². The van der Waals surface area contributed by atoms with E-state index >= 15 is 0 Å². The number of hydrogen-bond donors (Lipinski definition) is 4. The Morgan fingerprint density at radius 3 is 2.06 bits per heavy atom. The van der Waals surface area contributed by atoms with Gasteiger partial charge in [-0.25, -0.2) is 0 Å². The number of para-hydroxylation sites is 2. The summed E-state index contributed by atoms with van der Waals surface area (Å²) in [5.41, 5.74) is 3.95. The maximum absolute atomic E-state index is 12.7. The van der Waals surface area contributed by atoms with Crippen LogP contribution in [0.4, 0.5) is 5.69 Å². The number of carbonyl (C=O) groups excluding carboxylic acids is 2. The lowest BCUT2D eigenvalue weighted by Crippen LogP contribution is -2.23. The number of hydrogen-bond acceptors (Lipinski definition) is 4. The molecule has 2 heterocycles. The van der Waals surface area contributed by atoms with Crippen LogP contribution < -0.4 is 10.6 Å². The largest absolute Gasteiger partial charge is 0.348 e. The van der Waals surface area contributed by atoms with Crippen molar-refractivity contribution in [3.05, 3.63) is 89.7 Å². The molecular formula is C23H18N6O2. The molecule has 0 radical (unpaired) electrons. The highest BCUT2D eigenvalue weighted by Crippen LogP contribution is 2.19. The second-order valence-corrected chi connectivity index (χ2v) is 7.12. The Kier molecular flexibility index (Phi) is 4.64. The van der Waals surface area contributed by atoms with E-state index in [2.05, 4.69) is 31.0 Å².